The summed E-state index contributed by atoms with van der Waals surface area (Å²) in [4.78, 5) is 13.5. The van der Waals surface area contributed by atoms with Gasteiger partial charge >= 0.3 is 0 Å². The minimum Gasteiger partial charge on any atom is -0.493 e. The third-order valence-electron chi connectivity index (χ3n) is 6.43. The Morgan fingerprint density at radius 1 is 0.971 bits per heavy atom. The van der Waals surface area contributed by atoms with E-state index < -0.39 is 24.2 Å². The number of methoxy groups -OCH3 is 1. The van der Waals surface area contributed by atoms with Gasteiger partial charge in [0.2, 0.25) is 0 Å². The first-order valence-electron chi connectivity index (χ1n) is 11.8. The lowest BCUT2D eigenvalue weighted by Gasteiger charge is -2.31. The van der Waals surface area contributed by atoms with E-state index in [0.29, 0.717) is 47.2 Å². The minimum absolute atomic E-state index is 0.122. The zero-order chi connectivity index (χ0) is 25.2. The summed E-state index contributed by atoms with van der Waals surface area (Å²) >= 11 is 0. The first kappa shape index (κ1) is 25.2. The topological polar surface area (TPSA) is 119 Å². The monoisotopic (exact) mass is 484 g/mol. The van der Waals surface area contributed by atoms with Crippen molar-refractivity contribution in [3.63, 3.8) is 0 Å². The maximum Gasteiger partial charge on any atom is 0.197 e. The number of furan rings is 1. The van der Waals surface area contributed by atoms with Crippen LogP contribution in [0.4, 0.5) is 0 Å². The van der Waals surface area contributed by atoms with Crippen molar-refractivity contribution in [3.05, 3.63) is 58.8 Å². The summed E-state index contributed by atoms with van der Waals surface area (Å²) in [6, 6.07) is 10.7. The molecule has 8 nitrogen and oxygen atoms in total. The number of hydrogen-bond donors (Lipinski definition) is 3. The molecule has 8 heteroatoms. The van der Waals surface area contributed by atoms with E-state index in [-0.39, 0.29) is 12.4 Å². The van der Waals surface area contributed by atoms with E-state index in [9.17, 15) is 15.0 Å². The van der Waals surface area contributed by atoms with Crippen LogP contribution in [0.15, 0.2) is 40.8 Å². The first-order valence-corrected chi connectivity index (χ1v) is 11.8. The molecule has 0 amide bonds. The fourth-order valence-corrected chi connectivity index (χ4v) is 4.37. The van der Waals surface area contributed by atoms with Gasteiger partial charge in [0.1, 0.15) is 41.7 Å². The number of benzene rings is 2. The van der Waals surface area contributed by atoms with Crippen molar-refractivity contribution in [1.29, 1.82) is 0 Å². The first-order chi connectivity index (χ1) is 16.8. The summed E-state index contributed by atoms with van der Waals surface area (Å²) in [5, 5.41) is 29.1. The molecular formula is C27H32O8. The van der Waals surface area contributed by atoms with Gasteiger partial charge in [0, 0.05) is 36.1 Å². The zero-order valence-corrected chi connectivity index (χ0v) is 20.2. The summed E-state index contributed by atoms with van der Waals surface area (Å²) < 4.78 is 22.8. The SMILES string of the molecule is COCCCCOc1ccc2c3c(oc2c1)C(C)(C)c1cc(OCC(O)[C@H](O)CO)ccc1C3=O. The molecule has 3 aromatic rings. The number of fused-ring (bicyclic) bond motifs is 4. The lowest BCUT2D eigenvalue weighted by Crippen LogP contribution is -2.34. The maximum absolute atomic E-state index is 13.5. The van der Waals surface area contributed by atoms with Gasteiger partial charge in [0.05, 0.1) is 18.8 Å². The highest BCUT2D eigenvalue weighted by atomic mass is 16.5. The van der Waals surface area contributed by atoms with Gasteiger partial charge in [-0.2, -0.15) is 0 Å². The minimum atomic E-state index is -1.29. The second-order valence-corrected chi connectivity index (χ2v) is 9.30. The number of carbonyl (C=O) groups is 1. The van der Waals surface area contributed by atoms with Crippen LogP contribution in [0, 0.1) is 0 Å². The Labute approximate surface area is 204 Å². The van der Waals surface area contributed by atoms with Crippen LogP contribution in [0.1, 0.15) is 53.9 Å². The maximum atomic E-state index is 13.5. The molecule has 3 N–H and O–H groups in total. The van der Waals surface area contributed by atoms with Crippen molar-refractivity contribution in [2.24, 2.45) is 0 Å². The number of unbranched alkanes of at least 4 members (excludes halogenated alkanes) is 1. The molecule has 0 aliphatic heterocycles. The van der Waals surface area contributed by atoms with E-state index in [1.54, 1.807) is 25.3 Å². The van der Waals surface area contributed by atoms with Crippen LogP contribution in [-0.2, 0) is 10.2 Å². The smallest absolute Gasteiger partial charge is 0.197 e. The average molecular weight is 485 g/mol. The second kappa shape index (κ2) is 10.4. The van der Waals surface area contributed by atoms with Crippen LogP contribution < -0.4 is 9.47 Å². The van der Waals surface area contributed by atoms with Crippen LogP contribution in [-0.4, -0.2) is 66.8 Å². The van der Waals surface area contributed by atoms with Crippen molar-refractivity contribution in [2.75, 3.05) is 33.5 Å². The zero-order valence-electron chi connectivity index (χ0n) is 20.2. The Balaban J connectivity index is 1.60. The number of ketones is 1. The molecule has 4 rings (SSSR count). The quantitative estimate of drug-likeness (QED) is 0.355. The van der Waals surface area contributed by atoms with E-state index in [2.05, 4.69) is 0 Å². The summed E-state index contributed by atoms with van der Waals surface area (Å²) in [6.07, 6.45) is -0.726. The van der Waals surface area contributed by atoms with E-state index in [4.69, 9.17) is 23.7 Å². The predicted molar refractivity (Wildman–Crippen MR) is 129 cm³/mol. The van der Waals surface area contributed by atoms with Crippen molar-refractivity contribution in [1.82, 2.24) is 0 Å². The highest BCUT2D eigenvalue weighted by molar-refractivity contribution is 6.19. The Morgan fingerprint density at radius 2 is 1.69 bits per heavy atom. The molecule has 2 aromatic carbocycles. The lowest BCUT2D eigenvalue weighted by atomic mass is 9.71. The highest BCUT2D eigenvalue weighted by Crippen LogP contribution is 2.46. The van der Waals surface area contributed by atoms with Crippen molar-refractivity contribution >= 4 is 16.8 Å². The van der Waals surface area contributed by atoms with Gasteiger partial charge in [-0.15, -0.1) is 0 Å². The van der Waals surface area contributed by atoms with E-state index in [0.717, 1.165) is 23.8 Å². The third kappa shape index (κ3) is 4.92. The number of aliphatic hydroxyl groups is 3. The van der Waals surface area contributed by atoms with E-state index in [1.165, 1.54) is 0 Å². The summed E-state index contributed by atoms with van der Waals surface area (Å²) in [7, 11) is 1.68. The molecule has 0 spiro atoms. The van der Waals surface area contributed by atoms with Gasteiger partial charge in [-0.25, -0.2) is 0 Å². The molecule has 188 valence electrons. The van der Waals surface area contributed by atoms with Gasteiger partial charge in [0.25, 0.3) is 0 Å². The molecule has 2 atom stereocenters. The fourth-order valence-electron chi connectivity index (χ4n) is 4.37. The van der Waals surface area contributed by atoms with Crippen molar-refractivity contribution < 1.29 is 38.7 Å². The van der Waals surface area contributed by atoms with Gasteiger partial charge in [0.15, 0.2) is 5.78 Å². The molecule has 35 heavy (non-hydrogen) atoms. The molecule has 0 fully saturated rings. The van der Waals surface area contributed by atoms with Crippen LogP contribution in [0.3, 0.4) is 0 Å². The van der Waals surface area contributed by atoms with Gasteiger partial charge in [-0.05, 0) is 62.6 Å². The van der Waals surface area contributed by atoms with Crippen molar-refractivity contribution in [3.8, 4) is 11.5 Å². The average Bonchev–Trinajstić information content (AvgIpc) is 3.25. The summed E-state index contributed by atoms with van der Waals surface area (Å²) in [5.74, 6) is 1.58. The van der Waals surface area contributed by atoms with Gasteiger partial charge < -0.3 is 33.9 Å². The lowest BCUT2D eigenvalue weighted by molar-refractivity contribution is -0.0339. The molecule has 0 saturated heterocycles. The van der Waals surface area contributed by atoms with Crippen LogP contribution in [0.25, 0.3) is 11.0 Å². The van der Waals surface area contributed by atoms with Gasteiger partial charge in [-0.1, -0.05) is 0 Å². The van der Waals surface area contributed by atoms with Gasteiger partial charge in [-0.3, -0.25) is 4.79 Å². The largest absolute Gasteiger partial charge is 0.493 e. The van der Waals surface area contributed by atoms with Crippen LogP contribution >= 0.6 is 0 Å². The Bertz CT molecular complexity index is 1200. The molecule has 1 aromatic heterocycles. The van der Waals surface area contributed by atoms with Crippen LogP contribution in [0.2, 0.25) is 0 Å². The molecule has 0 saturated carbocycles. The number of hydrogen-bond acceptors (Lipinski definition) is 8. The molecule has 1 heterocycles. The molecule has 0 bridgehead atoms. The normalized spacial score (nSPS) is 16.0. The van der Waals surface area contributed by atoms with Crippen molar-refractivity contribution in [2.45, 2.75) is 44.3 Å². The fraction of sp³-hybridized carbons (Fsp3) is 0.444. The number of ether oxygens (including phenoxy) is 3. The molecule has 0 radical (unpaired) electrons. The summed E-state index contributed by atoms with van der Waals surface area (Å²) in [6.45, 7) is 4.48. The Morgan fingerprint density at radius 3 is 2.43 bits per heavy atom. The molecule has 1 aliphatic rings. The van der Waals surface area contributed by atoms with Crippen LogP contribution in [0.5, 0.6) is 11.5 Å². The van der Waals surface area contributed by atoms with E-state index >= 15 is 0 Å². The predicted octanol–water partition coefficient (Wildman–Crippen LogP) is 3.20. The molecule has 1 unspecified atom stereocenters. The third-order valence-corrected chi connectivity index (χ3v) is 6.43. The molecular weight excluding hydrogens is 452 g/mol. The molecule has 1 aliphatic carbocycles. The number of rotatable bonds is 11. The standard InChI is InChI=1S/C27H32O8/c1-27(2)20-12-16(34-15-22(30)21(29)14-28)6-8-18(20)25(31)24-19-9-7-17(13-23(19)35-26(24)27)33-11-5-4-10-32-3/h6-9,12-13,21-22,28-30H,4-5,10-11,14-15H2,1-3H3/t21-,22?/m1/s1. The van der Waals surface area contributed by atoms with E-state index in [1.807, 2.05) is 32.0 Å². The Hall–Kier alpha value is -2.91. The Kier molecular flexibility index (Phi) is 7.47. The summed E-state index contributed by atoms with van der Waals surface area (Å²) in [5.41, 5.74) is 1.84. The number of carbonyl (C=O) groups excluding carboxylic acids is 1. The highest BCUT2D eigenvalue weighted by Gasteiger charge is 2.41. The number of aliphatic hydroxyl groups excluding tert-OH is 3. The second-order valence-electron chi connectivity index (χ2n) is 9.30.